The first kappa shape index (κ1) is 12.6. The fourth-order valence-electron chi connectivity index (χ4n) is 1.48. The molecule has 0 heterocycles. The van der Waals surface area contributed by atoms with Gasteiger partial charge in [0, 0.05) is 24.3 Å². The van der Waals surface area contributed by atoms with Gasteiger partial charge in [-0.05, 0) is 44.0 Å². The summed E-state index contributed by atoms with van der Waals surface area (Å²) in [6.07, 6.45) is 1.08. The second-order valence-corrected chi connectivity index (χ2v) is 4.06. The summed E-state index contributed by atoms with van der Waals surface area (Å²) >= 11 is 0. The van der Waals surface area contributed by atoms with Gasteiger partial charge >= 0.3 is 0 Å². The summed E-state index contributed by atoms with van der Waals surface area (Å²) < 4.78 is 0. The molecule has 1 aromatic rings. The van der Waals surface area contributed by atoms with Crippen molar-refractivity contribution >= 4 is 11.6 Å². The van der Waals surface area contributed by atoms with Gasteiger partial charge in [-0.15, -0.1) is 0 Å². The minimum absolute atomic E-state index is 0.0433. The SMILES string of the molecule is CCC(C)Nc1ccc(C(=O)NC)cc1C. The highest BCUT2D eigenvalue weighted by molar-refractivity contribution is 5.94. The van der Waals surface area contributed by atoms with Crippen LogP contribution in [0.3, 0.4) is 0 Å². The first-order valence-corrected chi connectivity index (χ1v) is 5.67. The normalized spacial score (nSPS) is 12.0. The van der Waals surface area contributed by atoms with E-state index in [2.05, 4.69) is 24.5 Å². The minimum Gasteiger partial charge on any atom is -0.382 e. The molecule has 0 spiro atoms. The van der Waals surface area contributed by atoms with Gasteiger partial charge in [0.05, 0.1) is 0 Å². The zero-order valence-electron chi connectivity index (χ0n) is 10.4. The van der Waals surface area contributed by atoms with E-state index in [1.807, 2.05) is 25.1 Å². The Kier molecular flexibility index (Phi) is 4.35. The Bertz CT molecular complexity index is 374. The van der Waals surface area contributed by atoms with Crippen molar-refractivity contribution in [2.75, 3.05) is 12.4 Å². The molecule has 1 aromatic carbocycles. The summed E-state index contributed by atoms with van der Waals surface area (Å²) in [5.41, 5.74) is 2.90. The van der Waals surface area contributed by atoms with Crippen molar-refractivity contribution in [3.8, 4) is 0 Å². The third-order valence-corrected chi connectivity index (χ3v) is 2.73. The number of benzene rings is 1. The number of rotatable bonds is 4. The van der Waals surface area contributed by atoms with Gasteiger partial charge in [-0.2, -0.15) is 0 Å². The van der Waals surface area contributed by atoms with Crippen molar-refractivity contribution in [1.82, 2.24) is 5.32 Å². The molecule has 0 aliphatic heterocycles. The molecule has 16 heavy (non-hydrogen) atoms. The number of hydrogen-bond donors (Lipinski definition) is 2. The summed E-state index contributed by atoms with van der Waals surface area (Å²) in [6, 6.07) is 6.16. The van der Waals surface area contributed by atoms with E-state index in [1.165, 1.54) is 0 Å². The van der Waals surface area contributed by atoms with Crippen molar-refractivity contribution in [3.05, 3.63) is 29.3 Å². The lowest BCUT2D eigenvalue weighted by molar-refractivity contribution is 0.0963. The molecule has 1 rings (SSSR count). The van der Waals surface area contributed by atoms with Crippen LogP contribution in [-0.4, -0.2) is 19.0 Å². The molecule has 0 aromatic heterocycles. The average molecular weight is 220 g/mol. The van der Waals surface area contributed by atoms with E-state index >= 15 is 0 Å². The Balaban J connectivity index is 2.87. The van der Waals surface area contributed by atoms with Gasteiger partial charge in [-0.3, -0.25) is 4.79 Å². The van der Waals surface area contributed by atoms with Crippen LogP contribution in [0.1, 0.15) is 36.2 Å². The van der Waals surface area contributed by atoms with E-state index in [9.17, 15) is 4.79 Å². The van der Waals surface area contributed by atoms with Crippen molar-refractivity contribution in [2.24, 2.45) is 0 Å². The summed E-state index contributed by atoms with van der Waals surface area (Å²) in [7, 11) is 1.64. The van der Waals surface area contributed by atoms with Gasteiger partial charge in [-0.25, -0.2) is 0 Å². The Morgan fingerprint density at radius 3 is 2.62 bits per heavy atom. The van der Waals surface area contributed by atoms with Gasteiger partial charge in [0.25, 0.3) is 5.91 Å². The maximum atomic E-state index is 11.4. The molecule has 0 bridgehead atoms. The maximum absolute atomic E-state index is 11.4. The molecule has 0 radical (unpaired) electrons. The fraction of sp³-hybridized carbons (Fsp3) is 0.462. The van der Waals surface area contributed by atoms with Crippen LogP contribution in [0.5, 0.6) is 0 Å². The molecule has 3 nitrogen and oxygen atoms in total. The van der Waals surface area contributed by atoms with E-state index in [4.69, 9.17) is 0 Å². The third-order valence-electron chi connectivity index (χ3n) is 2.73. The number of aryl methyl sites for hydroxylation is 1. The molecule has 0 saturated carbocycles. The molecular weight excluding hydrogens is 200 g/mol. The summed E-state index contributed by atoms with van der Waals surface area (Å²) in [5.74, 6) is -0.0433. The van der Waals surface area contributed by atoms with E-state index in [0.717, 1.165) is 17.7 Å². The molecular formula is C13H20N2O. The molecule has 3 heteroatoms. The molecule has 0 aliphatic rings. The van der Waals surface area contributed by atoms with E-state index in [1.54, 1.807) is 7.05 Å². The van der Waals surface area contributed by atoms with Gasteiger partial charge in [0.1, 0.15) is 0 Å². The quantitative estimate of drug-likeness (QED) is 0.818. The number of amides is 1. The van der Waals surface area contributed by atoms with Gasteiger partial charge in [0.15, 0.2) is 0 Å². The number of hydrogen-bond acceptors (Lipinski definition) is 2. The van der Waals surface area contributed by atoms with Crippen LogP contribution in [0.2, 0.25) is 0 Å². The number of anilines is 1. The molecule has 2 N–H and O–H groups in total. The van der Waals surface area contributed by atoms with Crippen molar-refractivity contribution < 1.29 is 4.79 Å². The third kappa shape index (κ3) is 2.99. The zero-order chi connectivity index (χ0) is 12.1. The molecule has 1 amide bonds. The second-order valence-electron chi connectivity index (χ2n) is 4.06. The summed E-state index contributed by atoms with van der Waals surface area (Å²) in [6.45, 7) is 6.30. The van der Waals surface area contributed by atoms with Gasteiger partial charge in [-0.1, -0.05) is 6.92 Å². The molecule has 0 aliphatic carbocycles. The van der Waals surface area contributed by atoms with Gasteiger partial charge < -0.3 is 10.6 Å². The average Bonchev–Trinajstić information content (AvgIpc) is 2.30. The molecule has 1 unspecified atom stereocenters. The van der Waals surface area contributed by atoms with Crippen molar-refractivity contribution in [1.29, 1.82) is 0 Å². The topological polar surface area (TPSA) is 41.1 Å². The first-order chi connectivity index (χ1) is 7.58. The lowest BCUT2D eigenvalue weighted by atomic mass is 10.1. The van der Waals surface area contributed by atoms with Crippen LogP contribution < -0.4 is 10.6 Å². The highest BCUT2D eigenvalue weighted by atomic mass is 16.1. The Labute approximate surface area is 97.2 Å². The fourth-order valence-corrected chi connectivity index (χ4v) is 1.48. The molecule has 88 valence electrons. The largest absolute Gasteiger partial charge is 0.382 e. The lowest BCUT2D eigenvalue weighted by Gasteiger charge is -2.15. The van der Waals surface area contributed by atoms with Crippen LogP contribution >= 0.6 is 0 Å². The monoisotopic (exact) mass is 220 g/mol. The Morgan fingerprint density at radius 2 is 2.12 bits per heavy atom. The van der Waals surface area contributed by atoms with E-state index < -0.39 is 0 Å². The predicted octanol–water partition coefficient (Wildman–Crippen LogP) is 2.57. The predicted molar refractivity (Wildman–Crippen MR) is 67.9 cm³/mol. The van der Waals surface area contributed by atoms with Crippen LogP contribution in [-0.2, 0) is 0 Å². The number of carbonyl (C=O) groups is 1. The van der Waals surface area contributed by atoms with E-state index in [-0.39, 0.29) is 5.91 Å². The first-order valence-electron chi connectivity index (χ1n) is 5.67. The van der Waals surface area contributed by atoms with Crippen molar-refractivity contribution in [2.45, 2.75) is 33.2 Å². The minimum atomic E-state index is -0.0433. The smallest absolute Gasteiger partial charge is 0.251 e. The standard InChI is InChI=1S/C13H20N2O/c1-5-10(3)15-12-7-6-11(8-9(12)2)13(16)14-4/h6-8,10,15H,5H2,1-4H3,(H,14,16). The van der Waals surface area contributed by atoms with Crippen LogP contribution in [0.4, 0.5) is 5.69 Å². The van der Waals surface area contributed by atoms with Crippen molar-refractivity contribution in [3.63, 3.8) is 0 Å². The highest BCUT2D eigenvalue weighted by Gasteiger charge is 2.06. The molecule has 0 saturated heterocycles. The second kappa shape index (κ2) is 5.54. The summed E-state index contributed by atoms with van der Waals surface area (Å²) in [5, 5.41) is 6.03. The number of carbonyl (C=O) groups excluding carboxylic acids is 1. The molecule has 1 atom stereocenters. The van der Waals surface area contributed by atoms with Gasteiger partial charge in [0.2, 0.25) is 0 Å². The van der Waals surface area contributed by atoms with Crippen LogP contribution in [0.15, 0.2) is 18.2 Å². The highest BCUT2D eigenvalue weighted by Crippen LogP contribution is 2.18. The Hall–Kier alpha value is -1.51. The van der Waals surface area contributed by atoms with E-state index in [0.29, 0.717) is 11.6 Å². The summed E-state index contributed by atoms with van der Waals surface area (Å²) in [4.78, 5) is 11.4. The molecule has 0 fully saturated rings. The van der Waals surface area contributed by atoms with Crippen LogP contribution in [0, 0.1) is 6.92 Å². The lowest BCUT2D eigenvalue weighted by Crippen LogP contribution is -2.18. The Morgan fingerprint density at radius 1 is 1.44 bits per heavy atom. The van der Waals surface area contributed by atoms with Crippen LogP contribution in [0.25, 0.3) is 0 Å². The maximum Gasteiger partial charge on any atom is 0.251 e. The zero-order valence-corrected chi connectivity index (χ0v) is 10.4. The number of nitrogens with one attached hydrogen (secondary N) is 2.